The van der Waals surface area contributed by atoms with Crippen molar-refractivity contribution >= 4 is 39.5 Å². The second kappa shape index (κ2) is 10.6. The predicted octanol–water partition coefficient (Wildman–Crippen LogP) is 4.65. The first-order valence-electron chi connectivity index (χ1n) is 12.5. The highest BCUT2D eigenvalue weighted by molar-refractivity contribution is 7.13. The molecule has 11 heteroatoms. The molecule has 2 aliphatic rings. The lowest BCUT2D eigenvalue weighted by molar-refractivity contribution is -0.137. The molecule has 0 aliphatic carbocycles. The van der Waals surface area contributed by atoms with Gasteiger partial charge in [0, 0.05) is 74.7 Å². The molecule has 0 unspecified atom stereocenters. The summed E-state index contributed by atoms with van der Waals surface area (Å²) in [5.41, 5.74) is 2.02. The number of carbonyl (C=O) groups excluding carboxylic acids is 2. The molecule has 3 heterocycles. The van der Waals surface area contributed by atoms with Crippen molar-refractivity contribution in [2.45, 2.75) is 13.1 Å². The van der Waals surface area contributed by atoms with E-state index in [1.807, 2.05) is 29.2 Å². The van der Waals surface area contributed by atoms with Crippen molar-refractivity contribution in [3.8, 4) is 0 Å². The number of aromatic nitrogens is 1. The van der Waals surface area contributed by atoms with Gasteiger partial charge in [-0.15, -0.1) is 11.3 Å². The number of hydrogen-bond donors (Lipinski definition) is 0. The summed E-state index contributed by atoms with van der Waals surface area (Å²) in [5, 5.41) is 2.59. The summed E-state index contributed by atoms with van der Waals surface area (Å²) in [5.74, 6) is -0.103. The molecule has 1 amide bonds. The van der Waals surface area contributed by atoms with E-state index in [0.29, 0.717) is 43.1 Å². The minimum absolute atomic E-state index is 0.0492. The Morgan fingerprint density at radius 1 is 0.816 bits per heavy atom. The predicted molar refractivity (Wildman–Crippen MR) is 143 cm³/mol. The minimum Gasteiger partial charge on any atom is -0.368 e. The van der Waals surface area contributed by atoms with Gasteiger partial charge in [-0.3, -0.25) is 9.59 Å². The number of ketones is 1. The maximum Gasteiger partial charge on any atom is 0.416 e. The van der Waals surface area contributed by atoms with Crippen molar-refractivity contribution in [1.82, 2.24) is 9.88 Å². The summed E-state index contributed by atoms with van der Waals surface area (Å²) in [6, 6.07) is 12.9. The Bertz CT molecular complexity index is 1290. The van der Waals surface area contributed by atoms with Crippen LogP contribution < -0.4 is 14.7 Å². The molecule has 2 saturated heterocycles. The minimum atomic E-state index is -4.38. The quantitative estimate of drug-likeness (QED) is 0.437. The zero-order valence-corrected chi connectivity index (χ0v) is 21.8. The highest BCUT2D eigenvalue weighted by Gasteiger charge is 2.31. The maximum absolute atomic E-state index is 13.1. The van der Waals surface area contributed by atoms with Crippen LogP contribution in [-0.2, 0) is 6.18 Å². The van der Waals surface area contributed by atoms with Gasteiger partial charge >= 0.3 is 6.18 Å². The highest BCUT2D eigenvalue weighted by atomic mass is 32.1. The lowest BCUT2D eigenvalue weighted by atomic mass is 10.1. The van der Waals surface area contributed by atoms with Crippen LogP contribution in [0.1, 0.15) is 33.3 Å². The van der Waals surface area contributed by atoms with Gasteiger partial charge in [0.25, 0.3) is 5.91 Å². The molecular formula is C27H28F3N5O2S. The van der Waals surface area contributed by atoms with E-state index in [2.05, 4.69) is 14.8 Å². The first-order chi connectivity index (χ1) is 18.2. The van der Waals surface area contributed by atoms with Gasteiger partial charge in [-0.05, 0) is 49.4 Å². The number of thiazole rings is 1. The Balaban J connectivity index is 1.14. The fourth-order valence-corrected chi connectivity index (χ4v) is 5.63. The van der Waals surface area contributed by atoms with Crippen LogP contribution in [0.4, 0.5) is 29.7 Å². The third kappa shape index (κ3) is 5.62. The van der Waals surface area contributed by atoms with Gasteiger partial charge in [-0.2, -0.15) is 13.2 Å². The molecule has 200 valence electrons. The van der Waals surface area contributed by atoms with Crippen LogP contribution in [-0.4, -0.2) is 73.9 Å². The Morgan fingerprint density at radius 3 is 2.05 bits per heavy atom. The van der Waals surface area contributed by atoms with Crippen LogP contribution in [0.2, 0.25) is 0 Å². The topological polar surface area (TPSA) is 60.0 Å². The zero-order chi connectivity index (χ0) is 26.9. The summed E-state index contributed by atoms with van der Waals surface area (Å²) in [7, 11) is 0. The molecule has 0 bridgehead atoms. The molecule has 0 radical (unpaired) electrons. The molecule has 0 spiro atoms. The highest BCUT2D eigenvalue weighted by Crippen LogP contribution is 2.32. The number of rotatable bonds is 5. The Hall–Kier alpha value is -3.60. The van der Waals surface area contributed by atoms with Gasteiger partial charge in [0.1, 0.15) is 5.69 Å². The molecule has 7 nitrogen and oxygen atoms in total. The summed E-state index contributed by atoms with van der Waals surface area (Å²) in [6.07, 6.45) is -4.38. The number of hydrogen-bond acceptors (Lipinski definition) is 7. The van der Waals surface area contributed by atoms with Gasteiger partial charge in [0.05, 0.1) is 5.56 Å². The molecule has 0 N–H and O–H groups in total. The summed E-state index contributed by atoms with van der Waals surface area (Å²) < 4.78 is 39.2. The van der Waals surface area contributed by atoms with E-state index < -0.39 is 11.7 Å². The van der Waals surface area contributed by atoms with E-state index in [1.165, 1.54) is 17.4 Å². The van der Waals surface area contributed by atoms with Crippen molar-refractivity contribution in [1.29, 1.82) is 0 Å². The number of nitrogens with zero attached hydrogens (tertiary/aromatic N) is 5. The zero-order valence-electron chi connectivity index (χ0n) is 20.9. The van der Waals surface area contributed by atoms with E-state index in [0.717, 1.165) is 49.1 Å². The van der Waals surface area contributed by atoms with Crippen molar-refractivity contribution in [2.75, 3.05) is 67.1 Å². The van der Waals surface area contributed by atoms with Crippen molar-refractivity contribution < 1.29 is 22.8 Å². The summed E-state index contributed by atoms with van der Waals surface area (Å²) >= 11 is 1.45. The molecule has 3 aromatic rings. The molecular weight excluding hydrogens is 515 g/mol. The van der Waals surface area contributed by atoms with Gasteiger partial charge in [0.2, 0.25) is 0 Å². The van der Waals surface area contributed by atoms with Crippen molar-refractivity contribution in [3.63, 3.8) is 0 Å². The molecule has 38 heavy (non-hydrogen) atoms. The van der Waals surface area contributed by atoms with Gasteiger partial charge in [0.15, 0.2) is 10.9 Å². The molecule has 0 atom stereocenters. The molecule has 2 aliphatic heterocycles. The third-order valence-electron chi connectivity index (χ3n) is 7.01. The first-order valence-corrected chi connectivity index (χ1v) is 13.3. The monoisotopic (exact) mass is 543 g/mol. The van der Waals surface area contributed by atoms with Crippen LogP contribution in [0.3, 0.4) is 0 Å². The molecule has 1 aromatic heterocycles. The van der Waals surface area contributed by atoms with Crippen LogP contribution >= 0.6 is 11.3 Å². The average Bonchev–Trinajstić information content (AvgIpc) is 3.43. The number of carbonyl (C=O) groups is 2. The van der Waals surface area contributed by atoms with E-state index in [1.54, 1.807) is 23.3 Å². The van der Waals surface area contributed by atoms with E-state index in [-0.39, 0.29) is 11.7 Å². The third-order valence-corrected chi connectivity index (χ3v) is 7.91. The molecule has 2 aromatic carbocycles. The number of anilines is 3. The van der Waals surface area contributed by atoms with Gasteiger partial charge in [-0.1, -0.05) is 6.07 Å². The lowest BCUT2D eigenvalue weighted by Gasteiger charge is -2.36. The second-order valence-electron chi connectivity index (χ2n) is 9.42. The van der Waals surface area contributed by atoms with Crippen LogP contribution in [0, 0.1) is 0 Å². The normalized spacial score (nSPS) is 16.6. The fraction of sp³-hybridized carbons (Fsp3) is 0.370. The number of piperazine rings is 2. The van der Waals surface area contributed by atoms with Crippen LogP contribution in [0.15, 0.2) is 53.9 Å². The second-order valence-corrected chi connectivity index (χ2v) is 10.3. The number of halogens is 3. The van der Waals surface area contributed by atoms with Crippen molar-refractivity contribution in [2.24, 2.45) is 0 Å². The van der Waals surface area contributed by atoms with Gasteiger partial charge in [-0.25, -0.2) is 4.98 Å². The largest absolute Gasteiger partial charge is 0.416 e. The number of Topliss-reactive ketones (excluding diaryl/α,β-unsaturated/α-hetero) is 1. The smallest absolute Gasteiger partial charge is 0.368 e. The number of amides is 1. The summed E-state index contributed by atoms with van der Waals surface area (Å²) in [4.78, 5) is 37.2. The first kappa shape index (κ1) is 26.0. The van der Waals surface area contributed by atoms with Gasteiger partial charge < -0.3 is 19.6 Å². The molecule has 5 rings (SSSR count). The SMILES string of the molecule is CC(=O)c1ccc(N2CCN(c3nc(C(=O)N4CCN(c5cccc(C(F)(F)F)c5)CC4)cs3)CC2)cc1. The van der Waals surface area contributed by atoms with E-state index >= 15 is 0 Å². The van der Waals surface area contributed by atoms with E-state index in [4.69, 9.17) is 0 Å². The molecule has 2 fully saturated rings. The number of benzene rings is 2. The standard InChI is InChI=1S/C27H28F3N5O2S/c1-19(36)20-5-7-22(8-6-20)32-11-15-35(16-12-32)26-31-24(18-38-26)25(37)34-13-9-33(10-14-34)23-4-2-3-21(17-23)27(28,29)30/h2-8,17-18H,9-16H2,1H3. The van der Waals surface area contributed by atoms with Crippen LogP contribution in [0.25, 0.3) is 0 Å². The Morgan fingerprint density at radius 2 is 1.42 bits per heavy atom. The maximum atomic E-state index is 13.1. The Kier molecular flexibility index (Phi) is 7.29. The van der Waals surface area contributed by atoms with Crippen LogP contribution in [0.5, 0.6) is 0 Å². The summed E-state index contributed by atoms with van der Waals surface area (Å²) in [6.45, 7) is 6.46. The lowest BCUT2D eigenvalue weighted by Crippen LogP contribution is -2.49. The fourth-order valence-electron chi connectivity index (χ4n) is 4.78. The average molecular weight is 544 g/mol. The number of alkyl halides is 3. The Labute approximate surface area is 223 Å². The van der Waals surface area contributed by atoms with Crippen molar-refractivity contribution in [3.05, 3.63) is 70.7 Å². The molecule has 0 saturated carbocycles. The van der Waals surface area contributed by atoms with E-state index in [9.17, 15) is 22.8 Å².